The first-order chi connectivity index (χ1) is 12.9. The van der Waals surface area contributed by atoms with Gasteiger partial charge in [-0.15, -0.1) is 0 Å². The van der Waals surface area contributed by atoms with Crippen molar-refractivity contribution in [1.82, 2.24) is 0 Å². The van der Waals surface area contributed by atoms with E-state index in [-0.39, 0.29) is 17.3 Å². The molecule has 2 fully saturated rings. The molecule has 27 heavy (non-hydrogen) atoms. The second kappa shape index (κ2) is 7.24. The summed E-state index contributed by atoms with van der Waals surface area (Å²) < 4.78 is 0. The number of aliphatic hydroxyl groups is 1. The molecule has 4 rings (SSSR count). The molecule has 0 radical (unpaired) electrons. The summed E-state index contributed by atoms with van der Waals surface area (Å²) in [5, 5.41) is 20.7. The van der Waals surface area contributed by atoms with Crippen molar-refractivity contribution in [2.75, 3.05) is 0 Å². The largest absolute Gasteiger partial charge is 0.508 e. The normalized spacial score (nSPS) is 37.4. The minimum absolute atomic E-state index is 0.0766. The van der Waals surface area contributed by atoms with E-state index in [9.17, 15) is 15.0 Å². The molecule has 148 valence electrons. The van der Waals surface area contributed by atoms with E-state index in [0.29, 0.717) is 35.8 Å². The van der Waals surface area contributed by atoms with Crippen molar-refractivity contribution >= 4 is 5.78 Å². The van der Waals surface area contributed by atoms with Gasteiger partial charge in [-0.05, 0) is 104 Å². The number of hydrogen-bond donors (Lipinski definition) is 2. The molecule has 0 spiro atoms. The zero-order valence-electron chi connectivity index (χ0n) is 16.8. The molecule has 0 aromatic heterocycles. The highest BCUT2D eigenvalue weighted by Crippen LogP contribution is 2.62. The number of ketones is 1. The highest BCUT2D eigenvalue weighted by Gasteiger charge is 2.56. The Morgan fingerprint density at radius 1 is 1.22 bits per heavy atom. The maximum absolute atomic E-state index is 11.3. The number of phenolic OH excluding ortho intramolecular Hbond substituents is 1. The number of hydrogen-bond acceptors (Lipinski definition) is 3. The maximum atomic E-state index is 11.3. The number of fused-ring (bicyclic) bond motifs is 5. The van der Waals surface area contributed by atoms with Crippen LogP contribution in [0, 0.1) is 23.2 Å². The van der Waals surface area contributed by atoms with E-state index in [4.69, 9.17) is 0 Å². The van der Waals surface area contributed by atoms with Gasteiger partial charge in [-0.1, -0.05) is 19.4 Å². The lowest BCUT2D eigenvalue weighted by atomic mass is 9.52. The fourth-order valence-electron chi connectivity index (χ4n) is 6.81. The van der Waals surface area contributed by atoms with E-state index in [1.54, 1.807) is 6.92 Å². The Labute approximate surface area is 163 Å². The minimum Gasteiger partial charge on any atom is -0.508 e. The van der Waals surface area contributed by atoms with Crippen molar-refractivity contribution in [3.05, 3.63) is 29.3 Å². The van der Waals surface area contributed by atoms with Gasteiger partial charge in [-0.25, -0.2) is 0 Å². The summed E-state index contributed by atoms with van der Waals surface area (Å²) in [7, 11) is 0. The number of unbranched alkanes of at least 4 members (excludes halogenated alkanes) is 1. The van der Waals surface area contributed by atoms with E-state index in [2.05, 4.69) is 13.0 Å². The molecule has 6 atom stereocenters. The van der Waals surface area contributed by atoms with E-state index in [1.165, 1.54) is 11.1 Å². The van der Waals surface area contributed by atoms with Crippen LogP contribution in [0.5, 0.6) is 5.75 Å². The van der Waals surface area contributed by atoms with Crippen LogP contribution in [0.1, 0.15) is 82.3 Å². The minimum atomic E-state index is -0.150. The summed E-state index contributed by atoms with van der Waals surface area (Å²) in [5.41, 5.74) is 2.85. The lowest BCUT2D eigenvalue weighted by Gasteiger charge is -2.53. The molecule has 3 nitrogen and oxygen atoms in total. The number of carbonyl (C=O) groups is 1. The third kappa shape index (κ3) is 3.33. The van der Waals surface area contributed by atoms with Gasteiger partial charge >= 0.3 is 0 Å². The third-order valence-corrected chi connectivity index (χ3v) is 8.19. The highest BCUT2D eigenvalue weighted by molar-refractivity contribution is 5.75. The van der Waals surface area contributed by atoms with Crippen LogP contribution in [0.2, 0.25) is 0 Å². The number of Topliss-reactive ketones (excluding diaryl/α,β-unsaturated/α-hetero) is 1. The van der Waals surface area contributed by atoms with Crippen LogP contribution < -0.4 is 0 Å². The molecule has 2 saturated carbocycles. The fourth-order valence-corrected chi connectivity index (χ4v) is 6.81. The van der Waals surface area contributed by atoms with Gasteiger partial charge in [0.05, 0.1) is 6.10 Å². The van der Waals surface area contributed by atoms with Crippen LogP contribution in [-0.4, -0.2) is 22.1 Å². The molecule has 0 bridgehead atoms. The summed E-state index contributed by atoms with van der Waals surface area (Å²) in [6.45, 7) is 4.01. The monoisotopic (exact) mass is 370 g/mol. The molecule has 3 aliphatic rings. The molecule has 0 unspecified atom stereocenters. The van der Waals surface area contributed by atoms with E-state index >= 15 is 0 Å². The molecular weight excluding hydrogens is 336 g/mol. The third-order valence-electron chi connectivity index (χ3n) is 8.19. The number of carbonyl (C=O) groups excluding carboxylic acids is 1. The van der Waals surface area contributed by atoms with E-state index < -0.39 is 0 Å². The first-order valence-corrected chi connectivity index (χ1v) is 10.9. The predicted octanol–water partition coefficient (Wildman–Crippen LogP) is 4.98. The smallest absolute Gasteiger partial charge is 0.129 e. The van der Waals surface area contributed by atoms with Gasteiger partial charge in [0.15, 0.2) is 0 Å². The van der Waals surface area contributed by atoms with E-state index in [1.807, 2.05) is 12.1 Å². The second-order valence-electron chi connectivity index (χ2n) is 9.72. The van der Waals surface area contributed by atoms with Gasteiger partial charge in [-0.2, -0.15) is 0 Å². The van der Waals surface area contributed by atoms with Gasteiger partial charge in [0.2, 0.25) is 0 Å². The molecular formula is C24H34O3. The molecule has 3 heteroatoms. The summed E-state index contributed by atoms with van der Waals surface area (Å²) in [6, 6.07) is 5.98. The molecule has 1 aromatic rings. The quantitative estimate of drug-likeness (QED) is 0.718. The van der Waals surface area contributed by atoms with Crippen LogP contribution in [0.25, 0.3) is 0 Å². The van der Waals surface area contributed by atoms with Gasteiger partial charge in [0.25, 0.3) is 0 Å². The molecule has 1 aromatic carbocycles. The van der Waals surface area contributed by atoms with Crippen molar-refractivity contribution in [2.24, 2.45) is 23.2 Å². The number of benzene rings is 1. The zero-order chi connectivity index (χ0) is 19.2. The molecule has 0 saturated heterocycles. The number of rotatable bonds is 5. The molecule has 2 N–H and O–H groups in total. The maximum Gasteiger partial charge on any atom is 0.129 e. The number of aromatic hydroxyl groups is 1. The summed E-state index contributed by atoms with van der Waals surface area (Å²) in [4.78, 5) is 11.3. The Morgan fingerprint density at radius 2 is 2.04 bits per heavy atom. The SMILES string of the molecule is CC(=O)CCCC[C@@H]1Cc2cc(O)ccc2[C@H]2CC[C@]3(C)[C@@H](O)CC[C@H]3[C@H]12. The number of phenols is 1. The first kappa shape index (κ1) is 19.0. The lowest BCUT2D eigenvalue weighted by Crippen LogP contribution is -2.47. The van der Waals surface area contributed by atoms with Crippen molar-refractivity contribution in [3.8, 4) is 5.75 Å². The predicted molar refractivity (Wildman–Crippen MR) is 107 cm³/mol. The Balaban J connectivity index is 1.62. The first-order valence-electron chi connectivity index (χ1n) is 10.9. The van der Waals surface area contributed by atoms with Crippen molar-refractivity contribution < 1.29 is 15.0 Å². The summed E-state index contributed by atoms with van der Waals surface area (Å²) in [5.74, 6) is 3.07. The zero-order valence-corrected chi connectivity index (χ0v) is 16.8. The standard InChI is InChI=1S/C24H34O3/c1-15(25)5-3-4-6-16-13-17-14-18(26)7-8-19(17)20-11-12-24(2)21(23(16)20)9-10-22(24)27/h7-8,14,16,20-23,26-27H,3-6,9-13H2,1-2H3/t16-,20-,21+,22+,23-,24+/m1/s1. The summed E-state index contributed by atoms with van der Waals surface area (Å²) in [6.07, 6.45) is 9.18. The summed E-state index contributed by atoms with van der Waals surface area (Å²) >= 11 is 0. The van der Waals surface area contributed by atoms with Crippen molar-refractivity contribution in [2.45, 2.75) is 83.7 Å². The molecule has 0 heterocycles. The Kier molecular flexibility index (Phi) is 5.09. The van der Waals surface area contributed by atoms with E-state index in [0.717, 1.165) is 51.4 Å². The van der Waals surface area contributed by atoms with Crippen LogP contribution in [0.4, 0.5) is 0 Å². The average molecular weight is 371 g/mol. The van der Waals surface area contributed by atoms with Crippen LogP contribution in [0.3, 0.4) is 0 Å². The van der Waals surface area contributed by atoms with Crippen molar-refractivity contribution in [3.63, 3.8) is 0 Å². The Morgan fingerprint density at radius 3 is 2.81 bits per heavy atom. The lowest BCUT2D eigenvalue weighted by molar-refractivity contribution is -0.117. The highest BCUT2D eigenvalue weighted by atomic mass is 16.3. The number of aliphatic hydroxyl groups excluding tert-OH is 1. The molecule has 3 aliphatic carbocycles. The average Bonchev–Trinajstić information content (AvgIpc) is 2.93. The van der Waals surface area contributed by atoms with Crippen LogP contribution >= 0.6 is 0 Å². The molecule has 0 aliphatic heterocycles. The Bertz CT molecular complexity index is 712. The van der Waals surface area contributed by atoms with Gasteiger partial charge < -0.3 is 15.0 Å². The second-order valence-corrected chi connectivity index (χ2v) is 9.72. The van der Waals surface area contributed by atoms with Crippen LogP contribution in [0.15, 0.2) is 18.2 Å². The van der Waals surface area contributed by atoms with Gasteiger partial charge in [0, 0.05) is 6.42 Å². The van der Waals surface area contributed by atoms with Gasteiger partial charge in [0.1, 0.15) is 11.5 Å². The van der Waals surface area contributed by atoms with Crippen molar-refractivity contribution in [1.29, 1.82) is 0 Å². The molecule has 0 amide bonds. The topological polar surface area (TPSA) is 57.5 Å². The fraction of sp³-hybridized carbons (Fsp3) is 0.708. The Hall–Kier alpha value is -1.35. The van der Waals surface area contributed by atoms with Gasteiger partial charge in [-0.3, -0.25) is 0 Å². The van der Waals surface area contributed by atoms with Crippen LogP contribution in [-0.2, 0) is 11.2 Å².